The first kappa shape index (κ1) is 13.5. The Labute approximate surface area is 101 Å². The first-order valence-electron chi connectivity index (χ1n) is 5.43. The minimum absolute atomic E-state index is 0.0936. The average Bonchev–Trinajstić information content (AvgIpc) is 2.27. The van der Waals surface area contributed by atoms with E-state index in [0.29, 0.717) is 5.25 Å². The first-order valence-corrected chi connectivity index (χ1v) is 6.31. The Hall–Kier alpha value is -0.550. The van der Waals surface area contributed by atoms with Crippen molar-refractivity contribution in [3.05, 3.63) is 29.8 Å². The summed E-state index contributed by atoms with van der Waals surface area (Å²) in [5.74, 6) is 0. The SMILES string of the molecule is CC(C)Sc1ccc(C(N)C(N)CO)cc1. The fraction of sp³-hybridized carbons (Fsp3) is 0.500. The van der Waals surface area contributed by atoms with E-state index >= 15 is 0 Å². The van der Waals surface area contributed by atoms with Gasteiger partial charge in [-0.05, 0) is 17.7 Å². The summed E-state index contributed by atoms with van der Waals surface area (Å²) in [5.41, 5.74) is 12.6. The molecule has 1 rings (SSSR count). The number of hydrogen-bond acceptors (Lipinski definition) is 4. The van der Waals surface area contributed by atoms with Gasteiger partial charge in [-0.15, -0.1) is 11.8 Å². The van der Waals surface area contributed by atoms with Crippen molar-refractivity contribution in [2.24, 2.45) is 11.5 Å². The highest BCUT2D eigenvalue weighted by molar-refractivity contribution is 7.99. The van der Waals surface area contributed by atoms with Crippen LogP contribution in [0.15, 0.2) is 29.2 Å². The molecule has 2 unspecified atom stereocenters. The van der Waals surface area contributed by atoms with Crippen LogP contribution in [0.2, 0.25) is 0 Å². The molecule has 0 bridgehead atoms. The third kappa shape index (κ3) is 3.79. The molecule has 0 aromatic heterocycles. The van der Waals surface area contributed by atoms with Crippen molar-refractivity contribution in [2.45, 2.75) is 36.1 Å². The van der Waals surface area contributed by atoms with E-state index in [1.807, 2.05) is 36.0 Å². The second-order valence-electron chi connectivity index (χ2n) is 4.11. The van der Waals surface area contributed by atoms with Gasteiger partial charge in [0.25, 0.3) is 0 Å². The average molecular weight is 240 g/mol. The van der Waals surface area contributed by atoms with Crippen LogP contribution >= 0.6 is 11.8 Å². The number of aliphatic hydroxyl groups is 1. The number of hydrogen-bond donors (Lipinski definition) is 3. The van der Waals surface area contributed by atoms with Gasteiger partial charge < -0.3 is 16.6 Å². The molecule has 1 aromatic carbocycles. The number of benzene rings is 1. The van der Waals surface area contributed by atoms with E-state index in [0.717, 1.165) is 5.56 Å². The van der Waals surface area contributed by atoms with Gasteiger partial charge >= 0.3 is 0 Å². The maximum absolute atomic E-state index is 8.93. The highest BCUT2D eigenvalue weighted by Gasteiger charge is 2.14. The standard InChI is InChI=1S/C12H20N2OS/c1-8(2)16-10-5-3-9(4-6-10)12(14)11(13)7-15/h3-6,8,11-12,15H,7,13-14H2,1-2H3. The topological polar surface area (TPSA) is 72.3 Å². The fourth-order valence-electron chi connectivity index (χ4n) is 1.40. The second kappa shape index (κ2) is 6.25. The van der Waals surface area contributed by atoms with Crippen LogP contribution in [0, 0.1) is 0 Å². The lowest BCUT2D eigenvalue weighted by atomic mass is 10.0. The van der Waals surface area contributed by atoms with E-state index in [4.69, 9.17) is 16.6 Å². The smallest absolute Gasteiger partial charge is 0.0601 e. The van der Waals surface area contributed by atoms with E-state index in [1.54, 1.807) is 0 Å². The van der Waals surface area contributed by atoms with E-state index in [-0.39, 0.29) is 12.6 Å². The first-order chi connectivity index (χ1) is 7.54. The quantitative estimate of drug-likeness (QED) is 0.682. The second-order valence-corrected chi connectivity index (χ2v) is 5.76. The zero-order valence-corrected chi connectivity index (χ0v) is 10.6. The molecule has 5 N–H and O–H groups in total. The Morgan fingerprint density at radius 3 is 2.19 bits per heavy atom. The molecule has 0 aliphatic rings. The van der Waals surface area contributed by atoms with Gasteiger partial charge in [0.1, 0.15) is 0 Å². The molecule has 0 aliphatic carbocycles. The van der Waals surface area contributed by atoms with Gasteiger partial charge in [-0.2, -0.15) is 0 Å². The fourth-order valence-corrected chi connectivity index (χ4v) is 2.24. The molecule has 0 amide bonds. The molecule has 2 atom stereocenters. The summed E-state index contributed by atoms with van der Waals surface area (Å²) in [5, 5.41) is 9.50. The summed E-state index contributed by atoms with van der Waals surface area (Å²) in [7, 11) is 0. The van der Waals surface area contributed by atoms with Gasteiger partial charge in [0.05, 0.1) is 6.61 Å². The highest BCUT2D eigenvalue weighted by atomic mass is 32.2. The Bertz CT molecular complexity index is 313. The molecule has 16 heavy (non-hydrogen) atoms. The monoisotopic (exact) mass is 240 g/mol. The van der Waals surface area contributed by atoms with Crippen molar-refractivity contribution >= 4 is 11.8 Å². The lowest BCUT2D eigenvalue weighted by molar-refractivity contribution is 0.250. The molecular weight excluding hydrogens is 220 g/mol. The minimum atomic E-state index is -0.399. The van der Waals surface area contributed by atoms with Crippen molar-refractivity contribution in [3.63, 3.8) is 0 Å². The van der Waals surface area contributed by atoms with Crippen LogP contribution in [0.5, 0.6) is 0 Å². The maximum Gasteiger partial charge on any atom is 0.0601 e. The summed E-state index contributed by atoms with van der Waals surface area (Å²) < 4.78 is 0. The molecule has 0 saturated carbocycles. The van der Waals surface area contributed by atoms with Gasteiger partial charge in [-0.3, -0.25) is 0 Å². The lowest BCUT2D eigenvalue weighted by Gasteiger charge is -2.18. The number of thioether (sulfide) groups is 1. The van der Waals surface area contributed by atoms with Crippen LogP contribution in [0.1, 0.15) is 25.5 Å². The summed E-state index contributed by atoms with van der Waals surface area (Å²) in [6, 6.07) is 7.34. The largest absolute Gasteiger partial charge is 0.395 e. The molecule has 90 valence electrons. The molecule has 0 spiro atoms. The third-order valence-corrected chi connectivity index (χ3v) is 3.32. The molecule has 0 aliphatic heterocycles. The van der Waals surface area contributed by atoms with Crippen LogP contribution in [0.3, 0.4) is 0 Å². The van der Waals surface area contributed by atoms with Crippen molar-refractivity contribution in [1.82, 2.24) is 0 Å². The van der Waals surface area contributed by atoms with Crippen LogP contribution in [-0.2, 0) is 0 Å². The predicted molar refractivity (Wildman–Crippen MR) is 69.4 cm³/mol. The third-order valence-electron chi connectivity index (χ3n) is 2.31. The Morgan fingerprint density at radius 1 is 1.19 bits per heavy atom. The van der Waals surface area contributed by atoms with Gasteiger partial charge in [0, 0.05) is 22.2 Å². The number of aliphatic hydroxyl groups excluding tert-OH is 1. The molecule has 0 fully saturated rings. The van der Waals surface area contributed by atoms with Crippen LogP contribution < -0.4 is 11.5 Å². The van der Waals surface area contributed by atoms with Crippen LogP contribution in [0.4, 0.5) is 0 Å². The van der Waals surface area contributed by atoms with E-state index < -0.39 is 6.04 Å². The molecule has 4 heteroatoms. The minimum Gasteiger partial charge on any atom is -0.395 e. The van der Waals surface area contributed by atoms with E-state index in [2.05, 4.69) is 13.8 Å². The van der Waals surface area contributed by atoms with Crippen LogP contribution in [0.25, 0.3) is 0 Å². The zero-order valence-electron chi connectivity index (χ0n) is 9.76. The van der Waals surface area contributed by atoms with Crippen molar-refractivity contribution in [3.8, 4) is 0 Å². The summed E-state index contributed by atoms with van der Waals surface area (Å²) >= 11 is 1.81. The zero-order chi connectivity index (χ0) is 12.1. The van der Waals surface area contributed by atoms with Gasteiger partial charge in [-0.1, -0.05) is 26.0 Å². The van der Waals surface area contributed by atoms with Gasteiger partial charge in [0.2, 0.25) is 0 Å². The molecule has 1 aromatic rings. The number of nitrogens with two attached hydrogens (primary N) is 2. The summed E-state index contributed by atoms with van der Waals surface area (Å²) in [6.07, 6.45) is 0. The molecule has 0 heterocycles. The van der Waals surface area contributed by atoms with E-state index in [9.17, 15) is 0 Å². The normalized spacial score (nSPS) is 15.1. The van der Waals surface area contributed by atoms with Crippen LogP contribution in [-0.4, -0.2) is 23.0 Å². The lowest BCUT2D eigenvalue weighted by Crippen LogP contribution is -2.37. The van der Waals surface area contributed by atoms with Crippen molar-refractivity contribution in [2.75, 3.05) is 6.61 Å². The Morgan fingerprint density at radius 2 is 1.75 bits per heavy atom. The molecule has 0 saturated heterocycles. The van der Waals surface area contributed by atoms with E-state index in [1.165, 1.54) is 4.90 Å². The van der Waals surface area contributed by atoms with Crippen molar-refractivity contribution in [1.29, 1.82) is 0 Å². The predicted octanol–water partition coefficient (Wildman–Crippen LogP) is 1.51. The molecule has 3 nitrogen and oxygen atoms in total. The Kier molecular flexibility index (Phi) is 5.28. The molecular formula is C12H20N2OS. The van der Waals surface area contributed by atoms with Gasteiger partial charge in [-0.25, -0.2) is 0 Å². The number of rotatable bonds is 5. The maximum atomic E-state index is 8.93. The van der Waals surface area contributed by atoms with Gasteiger partial charge in [0.15, 0.2) is 0 Å². The summed E-state index contributed by atoms with van der Waals surface area (Å²) in [4.78, 5) is 1.23. The van der Waals surface area contributed by atoms with Crippen molar-refractivity contribution < 1.29 is 5.11 Å². The summed E-state index contributed by atoms with van der Waals surface area (Å²) in [6.45, 7) is 4.22. The molecule has 0 radical (unpaired) electrons. The Balaban J connectivity index is 2.70. The highest BCUT2D eigenvalue weighted by Crippen LogP contribution is 2.24.